The minimum atomic E-state index is -0.0831. The SMILES string of the molecule is CCCN(C(=O)C1=NN(Cc2ccccc2)C(=O)CC1)C1CCN(C(=O)c2ccccc2)CC1. The molecule has 3 amide bonds. The Hall–Kier alpha value is -3.48. The van der Waals surface area contributed by atoms with Crippen molar-refractivity contribution in [3.63, 3.8) is 0 Å². The molecule has 7 heteroatoms. The summed E-state index contributed by atoms with van der Waals surface area (Å²) in [6.07, 6.45) is 2.99. The zero-order valence-electron chi connectivity index (χ0n) is 19.7. The van der Waals surface area contributed by atoms with Crippen molar-refractivity contribution in [2.24, 2.45) is 5.10 Å². The monoisotopic (exact) mass is 460 g/mol. The molecule has 0 radical (unpaired) electrons. The Balaban J connectivity index is 1.42. The lowest BCUT2D eigenvalue weighted by molar-refractivity contribution is -0.133. The third-order valence-electron chi connectivity index (χ3n) is 6.47. The summed E-state index contributed by atoms with van der Waals surface area (Å²) in [6, 6.07) is 19.1. The van der Waals surface area contributed by atoms with Gasteiger partial charge in [0.25, 0.3) is 11.8 Å². The minimum absolute atomic E-state index is 0.0409. The first-order valence-electron chi connectivity index (χ1n) is 12.1. The Bertz CT molecular complexity index is 1030. The summed E-state index contributed by atoms with van der Waals surface area (Å²) in [7, 11) is 0. The molecule has 0 atom stereocenters. The molecule has 0 unspecified atom stereocenters. The van der Waals surface area contributed by atoms with Gasteiger partial charge in [0.1, 0.15) is 5.71 Å². The zero-order valence-corrected chi connectivity index (χ0v) is 19.7. The highest BCUT2D eigenvalue weighted by atomic mass is 16.2. The summed E-state index contributed by atoms with van der Waals surface area (Å²) < 4.78 is 0. The maximum atomic E-state index is 13.5. The van der Waals surface area contributed by atoms with E-state index in [1.165, 1.54) is 5.01 Å². The van der Waals surface area contributed by atoms with Gasteiger partial charge in [0, 0.05) is 44.1 Å². The van der Waals surface area contributed by atoms with Crippen LogP contribution in [-0.4, -0.2) is 63.9 Å². The Morgan fingerprint density at radius 1 is 0.971 bits per heavy atom. The zero-order chi connectivity index (χ0) is 23.9. The molecule has 0 bridgehead atoms. The molecule has 0 saturated carbocycles. The lowest BCUT2D eigenvalue weighted by atomic mass is 10.00. The molecule has 0 aromatic heterocycles. The largest absolute Gasteiger partial charge is 0.338 e. The fourth-order valence-corrected chi connectivity index (χ4v) is 4.64. The molecule has 34 heavy (non-hydrogen) atoms. The number of carbonyl (C=O) groups excluding carboxylic acids is 3. The number of carbonyl (C=O) groups is 3. The molecule has 1 saturated heterocycles. The smallest absolute Gasteiger partial charge is 0.270 e. The van der Waals surface area contributed by atoms with Crippen LogP contribution in [0.4, 0.5) is 0 Å². The topological polar surface area (TPSA) is 73.3 Å². The van der Waals surface area contributed by atoms with E-state index in [1.54, 1.807) is 0 Å². The number of benzene rings is 2. The standard InChI is InChI=1S/C27H32N4O3/c1-2-17-30(23-15-18-29(19-16-23)26(33)22-11-7-4-8-12-22)27(34)24-13-14-25(32)31(28-24)20-21-9-5-3-6-10-21/h3-12,23H,2,13-20H2,1H3. The van der Waals surface area contributed by atoms with Crippen molar-refractivity contribution in [3.8, 4) is 0 Å². The third kappa shape index (κ3) is 5.53. The Kier molecular flexibility index (Phi) is 7.72. The fraction of sp³-hybridized carbons (Fsp3) is 0.407. The first kappa shape index (κ1) is 23.7. The van der Waals surface area contributed by atoms with Gasteiger partial charge in [-0.15, -0.1) is 0 Å². The van der Waals surface area contributed by atoms with E-state index in [4.69, 9.17) is 0 Å². The van der Waals surface area contributed by atoms with Gasteiger partial charge < -0.3 is 9.80 Å². The number of hydrogen-bond donors (Lipinski definition) is 0. The molecular formula is C27H32N4O3. The summed E-state index contributed by atoms with van der Waals surface area (Å²) in [5.41, 5.74) is 2.13. The highest BCUT2D eigenvalue weighted by Gasteiger charge is 2.33. The van der Waals surface area contributed by atoms with Crippen LogP contribution in [0.5, 0.6) is 0 Å². The molecule has 178 valence electrons. The van der Waals surface area contributed by atoms with Gasteiger partial charge in [-0.2, -0.15) is 5.10 Å². The van der Waals surface area contributed by atoms with E-state index in [0.29, 0.717) is 50.3 Å². The predicted molar refractivity (Wildman–Crippen MR) is 131 cm³/mol. The average Bonchev–Trinajstić information content (AvgIpc) is 2.89. The molecule has 2 heterocycles. The van der Waals surface area contributed by atoms with Gasteiger partial charge in [0.15, 0.2) is 0 Å². The number of amides is 3. The second-order valence-corrected chi connectivity index (χ2v) is 8.87. The van der Waals surface area contributed by atoms with E-state index >= 15 is 0 Å². The van der Waals surface area contributed by atoms with Gasteiger partial charge in [-0.05, 0) is 37.0 Å². The number of piperidine rings is 1. The molecule has 1 fully saturated rings. The summed E-state index contributed by atoms with van der Waals surface area (Å²) in [4.78, 5) is 42.5. The van der Waals surface area contributed by atoms with Crippen LogP contribution in [-0.2, 0) is 16.1 Å². The Labute approximate surface area is 201 Å². The second-order valence-electron chi connectivity index (χ2n) is 8.87. The summed E-state index contributed by atoms with van der Waals surface area (Å²) in [5, 5.41) is 5.91. The molecular weight excluding hydrogens is 428 g/mol. The van der Waals surface area contributed by atoms with E-state index in [9.17, 15) is 14.4 Å². The van der Waals surface area contributed by atoms with Crippen molar-refractivity contribution in [1.29, 1.82) is 0 Å². The highest BCUT2D eigenvalue weighted by Crippen LogP contribution is 2.22. The van der Waals surface area contributed by atoms with Gasteiger partial charge in [0.05, 0.1) is 6.54 Å². The van der Waals surface area contributed by atoms with Crippen LogP contribution in [0.25, 0.3) is 0 Å². The number of rotatable bonds is 7. The van der Waals surface area contributed by atoms with Crippen molar-refractivity contribution in [3.05, 3.63) is 71.8 Å². The third-order valence-corrected chi connectivity index (χ3v) is 6.47. The summed E-state index contributed by atoms with van der Waals surface area (Å²) >= 11 is 0. The fourth-order valence-electron chi connectivity index (χ4n) is 4.64. The van der Waals surface area contributed by atoms with Crippen molar-refractivity contribution < 1.29 is 14.4 Å². The first-order chi connectivity index (χ1) is 16.6. The van der Waals surface area contributed by atoms with E-state index in [1.807, 2.05) is 70.5 Å². The molecule has 2 aliphatic heterocycles. The van der Waals surface area contributed by atoms with Crippen LogP contribution >= 0.6 is 0 Å². The summed E-state index contributed by atoms with van der Waals surface area (Å²) in [6.45, 7) is 4.31. The Morgan fingerprint density at radius 2 is 1.62 bits per heavy atom. The molecule has 0 N–H and O–H groups in total. The van der Waals surface area contributed by atoms with E-state index in [-0.39, 0.29) is 23.8 Å². The van der Waals surface area contributed by atoms with Gasteiger partial charge in [0.2, 0.25) is 5.91 Å². The highest BCUT2D eigenvalue weighted by molar-refractivity contribution is 6.39. The van der Waals surface area contributed by atoms with Crippen LogP contribution in [0.2, 0.25) is 0 Å². The van der Waals surface area contributed by atoms with Crippen LogP contribution in [0, 0.1) is 0 Å². The average molecular weight is 461 g/mol. The Morgan fingerprint density at radius 3 is 2.26 bits per heavy atom. The quantitative estimate of drug-likeness (QED) is 0.632. The van der Waals surface area contributed by atoms with Gasteiger partial charge in [-0.3, -0.25) is 14.4 Å². The first-order valence-corrected chi connectivity index (χ1v) is 12.1. The second kappa shape index (κ2) is 11.1. The van der Waals surface area contributed by atoms with Gasteiger partial charge in [-0.1, -0.05) is 55.5 Å². The maximum Gasteiger partial charge on any atom is 0.270 e. The van der Waals surface area contributed by atoms with Crippen LogP contribution < -0.4 is 0 Å². The molecule has 4 rings (SSSR count). The molecule has 0 spiro atoms. The van der Waals surface area contributed by atoms with Crippen molar-refractivity contribution in [1.82, 2.24) is 14.8 Å². The molecule has 2 aromatic rings. The lowest BCUT2D eigenvalue weighted by Crippen LogP contribution is -2.51. The van der Waals surface area contributed by atoms with Gasteiger partial charge in [-0.25, -0.2) is 5.01 Å². The van der Waals surface area contributed by atoms with E-state index in [2.05, 4.69) is 12.0 Å². The number of hydrogen-bond acceptors (Lipinski definition) is 4. The van der Waals surface area contributed by atoms with Crippen molar-refractivity contribution >= 4 is 23.4 Å². The number of nitrogens with zero attached hydrogens (tertiary/aromatic N) is 4. The van der Waals surface area contributed by atoms with Crippen molar-refractivity contribution in [2.45, 2.75) is 51.6 Å². The number of hydrazone groups is 1. The van der Waals surface area contributed by atoms with Crippen LogP contribution in [0.15, 0.2) is 65.8 Å². The predicted octanol–water partition coefficient (Wildman–Crippen LogP) is 3.71. The molecule has 0 aliphatic carbocycles. The minimum Gasteiger partial charge on any atom is -0.338 e. The van der Waals surface area contributed by atoms with Crippen molar-refractivity contribution in [2.75, 3.05) is 19.6 Å². The molecule has 2 aromatic carbocycles. The maximum absolute atomic E-state index is 13.5. The molecule has 2 aliphatic rings. The number of likely N-dealkylation sites (tertiary alicyclic amines) is 1. The summed E-state index contributed by atoms with van der Waals surface area (Å²) in [5.74, 6) is -0.102. The van der Waals surface area contributed by atoms with Crippen LogP contribution in [0.1, 0.15) is 54.9 Å². The van der Waals surface area contributed by atoms with Crippen LogP contribution in [0.3, 0.4) is 0 Å². The van der Waals surface area contributed by atoms with E-state index < -0.39 is 0 Å². The normalized spacial score (nSPS) is 16.9. The molecule has 7 nitrogen and oxygen atoms in total. The van der Waals surface area contributed by atoms with Gasteiger partial charge >= 0.3 is 0 Å². The lowest BCUT2D eigenvalue weighted by Gasteiger charge is -2.39. The van der Waals surface area contributed by atoms with E-state index in [0.717, 1.165) is 24.8 Å².